The highest BCUT2D eigenvalue weighted by molar-refractivity contribution is 7.92. The van der Waals surface area contributed by atoms with E-state index in [4.69, 9.17) is 9.47 Å². The summed E-state index contributed by atoms with van der Waals surface area (Å²) in [6.45, 7) is 3.83. The van der Waals surface area contributed by atoms with E-state index in [2.05, 4.69) is 5.32 Å². The van der Waals surface area contributed by atoms with Gasteiger partial charge in [-0.25, -0.2) is 8.42 Å². The molecule has 1 atom stereocenters. The lowest BCUT2D eigenvalue weighted by Crippen LogP contribution is -2.47. The molecule has 1 N–H and O–H groups in total. The van der Waals surface area contributed by atoms with Crippen LogP contribution in [0.4, 0.5) is 11.4 Å². The van der Waals surface area contributed by atoms with Crippen molar-refractivity contribution in [3.8, 4) is 11.5 Å². The summed E-state index contributed by atoms with van der Waals surface area (Å²) < 4.78 is 36.6. The van der Waals surface area contributed by atoms with Crippen LogP contribution in [0.3, 0.4) is 0 Å². The number of ether oxygens (including phenoxy) is 2. The Bertz CT molecular complexity index is 941. The molecule has 8 heteroatoms. The van der Waals surface area contributed by atoms with E-state index in [0.717, 1.165) is 16.1 Å². The van der Waals surface area contributed by atoms with Crippen LogP contribution in [-0.4, -0.2) is 33.4 Å². The van der Waals surface area contributed by atoms with E-state index < -0.39 is 22.0 Å². The molecule has 0 aromatic heterocycles. The van der Waals surface area contributed by atoms with Crippen molar-refractivity contribution < 1.29 is 22.7 Å². The van der Waals surface area contributed by atoms with Crippen LogP contribution in [0, 0.1) is 6.92 Å². The minimum Gasteiger partial charge on any atom is -0.454 e. The van der Waals surface area contributed by atoms with Gasteiger partial charge in [0.15, 0.2) is 11.5 Å². The standard InChI is InChI=1S/C19H22N2O5S/c1-4-16(21(27(3,23)24)15-8-5-13(2)6-9-15)19(22)20-14-7-10-17-18(11-14)26-12-25-17/h5-11,16H,4,12H2,1-3H3,(H,20,22). The highest BCUT2D eigenvalue weighted by Gasteiger charge is 2.31. The Kier molecular flexibility index (Phi) is 5.27. The summed E-state index contributed by atoms with van der Waals surface area (Å²) >= 11 is 0. The van der Waals surface area contributed by atoms with E-state index >= 15 is 0 Å². The maximum Gasteiger partial charge on any atom is 0.248 e. The second-order valence-electron chi connectivity index (χ2n) is 6.38. The molecule has 2 aromatic rings. The molecule has 0 saturated heterocycles. The van der Waals surface area contributed by atoms with Gasteiger partial charge in [0.1, 0.15) is 6.04 Å². The van der Waals surface area contributed by atoms with E-state index in [9.17, 15) is 13.2 Å². The van der Waals surface area contributed by atoms with Gasteiger partial charge in [-0.05, 0) is 37.6 Å². The number of sulfonamides is 1. The van der Waals surface area contributed by atoms with Gasteiger partial charge in [0.25, 0.3) is 0 Å². The molecule has 3 rings (SSSR count). The lowest BCUT2D eigenvalue weighted by molar-refractivity contribution is -0.117. The van der Waals surface area contributed by atoms with Gasteiger partial charge in [-0.1, -0.05) is 24.6 Å². The van der Waals surface area contributed by atoms with Crippen molar-refractivity contribution >= 4 is 27.3 Å². The first kappa shape index (κ1) is 19.0. The largest absolute Gasteiger partial charge is 0.454 e. The SMILES string of the molecule is CCC(C(=O)Nc1ccc2c(c1)OCO2)N(c1ccc(C)cc1)S(C)(=O)=O. The summed E-state index contributed by atoms with van der Waals surface area (Å²) in [7, 11) is -3.66. The maximum absolute atomic E-state index is 12.9. The molecule has 7 nitrogen and oxygen atoms in total. The Hall–Kier alpha value is -2.74. The highest BCUT2D eigenvalue weighted by atomic mass is 32.2. The third kappa shape index (κ3) is 4.16. The Labute approximate surface area is 158 Å². The van der Waals surface area contributed by atoms with E-state index in [0.29, 0.717) is 29.3 Å². The van der Waals surface area contributed by atoms with E-state index in [1.165, 1.54) is 0 Å². The normalized spacial score (nSPS) is 13.9. The Morgan fingerprint density at radius 2 is 1.81 bits per heavy atom. The number of anilines is 2. The molecule has 1 aliphatic heterocycles. The number of carbonyl (C=O) groups is 1. The zero-order valence-electron chi connectivity index (χ0n) is 15.4. The molecule has 0 radical (unpaired) electrons. The van der Waals surface area contributed by atoms with E-state index in [-0.39, 0.29) is 6.79 Å². The summed E-state index contributed by atoms with van der Waals surface area (Å²) in [4.78, 5) is 12.9. The van der Waals surface area contributed by atoms with Crippen LogP contribution in [0.5, 0.6) is 11.5 Å². The van der Waals surface area contributed by atoms with Crippen molar-refractivity contribution in [1.82, 2.24) is 0 Å². The molecule has 0 fully saturated rings. The van der Waals surface area contributed by atoms with Crippen molar-refractivity contribution in [2.45, 2.75) is 26.3 Å². The molecule has 1 aliphatic rings. The van der Waals surface area contributed by atoms with Gasteiger partial charge in [-0.15, -0.1) is 0 Å². The number of fused-ring (bicyclic) bond motifs is 1. The van der Waals surface area contributed by atoms with Crippen LogP contribution >= 0.6 is 0 Å². The second-order valence-corrected chi connectivity index (χ2v) is 8.24. The molecule has 2 aromatic carbocycles. The van der Waals surface area contributed by atoms with Gasteiger partial charge in [0.05, 0.1) is 11.9 Å². The molecular formula is C19H22N2O5S. The Morgan fingerprint density at radius 3 is 2.44 bits per heavy atom. The van der Waals surface area contributed by atoms with Crippen molar-refractivity contribution in [3.63, 3.8) is 0 Å². The number of hydrogen-bond donors (Lipinski definition) is 1. The third-order valence-corrected chi connectivity index (χ3v) is 5.44. The first-order chi connectivity index (χ1) is 12.8. The predicted molar refractivity (Wildman–Crippen MR) is 104 cm³/mol. The predicted octanol–water partition coefficient (Wildman–Crippen LogP) is 2.91. The van der Waals surface area contributed by atoms with Crippen LogP contribution in [0.15, 0.2) is 42.5 Å². The molecule has 1 heterocycles. The average Bonchev–Trinajstić information content (AvgIpc) is 3.07. The number of rotatable bonds is 6. The molecule has 0 saturated carbocycles. The smallest absolute Gasteiger partial charge is 0.248 e. The van der Waals surface area contributed by atoms with Crippen LogP contribution in [0.1, 0.15) is 18.9 Å². The molecule has 0 spiro atoms. The summed E-state index contributed by atoms with van der Waals surface area (Å²) in [5.41, 5.74) is 1.97. The van der Waals surface area contributed by atoms with Gasteiger partial charge in [-0.2, -0.15) is 0 Å². The van der Waals surface area contributed by atoms with Gasteiger partial charge >= 0.3 is 0 Å². The Balaban J connectivity index is 1.88. The number of hydrogen-bond acceptors (Lipinski definition) is 5. The van der Waals surface area contributed by atoms with Crippen molar-refractivity contribution in [2.75, 3.05) is 22.7 Å². The average molecular weight is 390 g/mol. The van der Waals surface area contributed by atoms with Crippen LogP contribution in [0.2, 0.25) is 0 Å². The maximum atomic E-state index is 12.9. The third-order valence-electron chi connectivity index (χ3n) is 4.26. The molecule has 0 bridgehead atoms. The summed E-state index contributed by atoms with van der Waals surface area (Å²) in [5.74, 6) is 0.735. The topological polar surface area (TPSA) is 84.9 Å². The Morgan fingerprint density at radius 1 is 1.15 bits per heavy atom. The molecule has 27 heavy (non-hydrogen) atoms. The van der Waals surface area contributed by atoms with Crippen LogP contribution in [0.25, 0.3) is 0 Å². The number of nitrogens with one attached hydrogen (secondary N) is 1. The minimum atomic E-state index is -3.66. The fourth-order valence-electron chi connectivity index (χ4n) is 2.95. The monoisotopic (exact) mass is 390 g/mol. The fraction of sp³-hybridized carbons (Fsp3) is 0.316. The van der Waals surface area contributed by atoms with Crippen LogP contribution < -0.4 is 19.1 Å². The van der Waals surface area contributed by atoms with Gasteiger partial charge < -0.3 is 14.8 Å². The van der Waals surface area contributed by atoms with Crippen molar-refractivity contribution in [2.24, 2.45) is 0 Å². The number of benzene rings is 2. The van der Waals surface area contributed by atoms with E-state index in [1.807, 2.05) is 19.1 Å². The zero-order chi connectivity index (χ0) is 19.6. The number of nitrogens with zero attached hydrogens (tertiary/aromatic N) is 1. The second kappa shape index (κ2) is 7.48. The van der Waals surface area contributed by atoms with Crippen LogP contribution in [-0.2, 0) is 14.8 Å². The quantitative estimate of drug-likeness (QED) is 0.820. The number of carbonyl (C=O) groups excluding carboxylic acids is 1. The lowest BCUT2D eigenvalue weighted by Gasteiger charge is -2.30. The highest BCUT2D eigenvalue weighted by Crippen LogP contribution is 2.34. The molecule has 144 valence electrons. The first-order valence-corrected chi connectivity index (χ1v) is 10.4. The number of aryl methyl sites for hydroxylation is 1. The molecule has 1 amide bonds. The van der Waals surface area contributed by atoms with Crippen molar-refractivity contribution in [1.29, 1.82) is 0 Å². The fourth-order valence-corrected chi connectivity index (χ4v) is 4.16. The first-order valence-electron chi connectivity index (χ1n) is 8.56. The summed E-state index contributed by atoms with van der Waals surface area (Å²) in [5, 5.41) is 2.78. The zero-order valence-corrected chi connectivity index (χ0v) is 16.2. The summed E-state index contributed by atoms with van der Waals surface area (Å²) in [6, 6.07) is 11.2. The van der Waals surface area contributed by atoms with E-state index in [1.54, 1.807) is 37.3 Å². The number of amides is 1. The van der Waals surface area contributed by atoms with Gasteiger partial charge in [-0.3, -0.25) is 9.10 Å². The molecular weight excluding hydrogens is 368 g/mol. The van der Waals surface area contributed by atoms with Gasteiger partial charge in [0.2, 0.25) is 22.7 Å². The minimum absolute atomic E-state index is 0.138. The summed E-state index contributed by atoms with van der Waals surface area (Å²) in [6.07, 6.45) is 1.42. The lowest BCUT2D eigenvalue weighted by atomic mass is 10.1. The van der Waals surface area contributed by atoms with Gasteiger partial charge in [0, 0.05) is 11.8 Å². The molecule has 1 unspecified atom stereocenters. The molecule has 0 aliphatic carbocycles. The van der Waals surface area contributed by atoms with Crippen molar-refractivity contribution in [3.05, 3.63) is 48.0 Å².